The van der Waals surface area contributed by atoms with Gasteiger partial charge in [-0.25, -0.2) is 4.79 Å². The number of nitrogens with one attached hydrogen (secondary N) is 2. The Morgan fingerprint density at radius 3 is 2.70 bits per heavy atom. The van der Waals surface area contributed by atoms with Crippen LogP contribution in [0.15, 0.2) is 54.6 Å². The van der Waals surface area contributed by atoms with E-state index >= 15 is 0 Å². The van der Waals surface area contributed by atoms with Crippen molar-refractivity contribution in [1.82, 2.24) is 9.88 Å². The summed E-state index contributed by atoms with van der Waals surface area (Å²) in [4.78, 5) is 17.9. The van der Waals surface area contributed by atoms with E-state index in [0.717, 1.165) is 36.3 Å². The maximum Gasteiger partial charge on any atom is 0.322 e. The van der Waals surface area contributed by atoms with Crippen LogP contribution in [0.4, 0.5) is 10.5 Å². The number of rotatable bonds is 1. The number of urea groups is 1. The monoisotopic (exact) mass is 305 g/mol. The van der Waals surface area contributed by atoms with Crippen molar-refractivity contribution in [2.75, 3.05) is 11.9 Å². The molecule has 0 saturated heterocycles. The maximum absolute atomic E-state index is 12.5. The fourth-order valence-electron chi connectivity index (χ4n) is 3.29. The minimum absolute atomic E-state index is 0.0392. The number of nitrogens with zero attached hydrogens (tertiary/aromatic N) is 1. The van der Waals surface area contributed by atoms with Crippen LogP contribution in [0.25, 0.3) is 10.9 Å². The third-order valence-electron chi connectivity index (χ3n) is 4.42. The van der Waals surface area contributed by atoms with Gasteiger partial charge in [0.1, 0.15) is 0 Å². The molecule has 1 aromatic heterocycles. The molecule has 3 aromatic rings. The number of aromatic amines is 1. The minimum atomic E-state index is -0.0392. The Balaban J connectivity index is 1.58. The summed E-state index contributed by atoms with van der Waals surface area (Å²) in [7, 11) is 0. The number of H-pyrrole nitrogens is 1. The van der Waals surface area contributed by atoms with Crippen molar-refractivity contribution in [3.63, 3.8) is 0 Å². The van der Waals surface area contributed by atoms with Crippen LogP contribution < -0.4 is 5.32 Å². The Labute approximate surface area is 135 Å². The van der Waals surface area contributed by atoms with Gasteiger partial charge in [0.15, 0.2) is 0 Å². The second kappa shape index (κ2) is 5.80. The first-order valence-electron chi connectivity index (χ1n) is 8.01. The van der Waals surface area contributed by atoms with E-state index in [1.165, 1.54) is 10.9 Å². The molecule has 0 unspecified atom stereocenters. The number of carbonyl (C=O) groups excluding carboxylic acids is 1. The van der Waals surface area contributed by atoms with E-state index in [-0.39, 0.29) is 6.03 Å². The van der Waals surface area contributed by atoms with Crippen LogP contribution in [-0.2, 0) is 13.0 Å². The largest absolute Gasteiger partial charge is 0.357 e. The van der Waals surface area contributed by atoms with Crippen LogP contribution in [-0.4, -0.2) is 22.5 Å². The van der Waals surface area contributed by atoms with Gasteiger partial charge < -0.3 is 15.2 Å². The highest BCUT2D eigenvalue weighted by atomic mass is 16.2. The molecule has 2 N–H and O–H groups in total. The zero-order valence-electron chi connectivity index (χ0n) is 12.9. The second-order valence-electron chi connectivity index (χ2n) is 5.95. The first kappa shape index (κ1) is 13.9. The predicted molar refractivity (Wildman–Crippen MR) is 92.5 cm³/mol. The molecule has 0 saturated carbocycles. The number of carbonyl (C=O) groups is 1. The summed E-state index contributed by atoms with van der Waals surface area (Å²) in [5.41, 5.74) is 4.50. The molecule has 0 bridgehead atoms. The summed E-state index contributed by atoms with van der Waals surface area (Å²) in [5, 5.41) is 4.26. The van der Waals surface area contributed by atoms with Gasteiger partial charge in [-0.2, -0.15) is 0 Å². The number of hydrogen-bond donors (Lipinski definition) is 2. The van der Waals surface area contributed by atoms with Crippen LogP contribution in [0.3, 0.4) is 0 Å². The first-order chi connectivity index (χ1) is 11.3. The Kier molecular flexibility index (Phi) is 3.50. The number of benzene rings is 2. The molecular weight excluding hydrogens is 286 g/mol. The van der Waals surface area contributed by atoms with Gasteiger partial charge in [-0.3, -0.25) is 0 Å². The lowest BCUT2D eigenvalue weighted by Gasteiger charge is -2.21. The normalized spacial score (nSPS) is 14.3. The van der Waals surface area contributed by atoms with E-state index in [2.05, 4.69) is 28.5 Å². The molecule has 2 amide bonds. The zero-order chi connectivity index (χ0) is 15.6. The number of aryl methyl sites for hydroxylation is 1. The topological polar surface area (TPSA) is 48.1 Å². The molecule has 2 aromatic carbocycles. The number of anilines is 1. The van der Waals surface area contributed by atoms with Crippen molar-refractivity contribution in [3.05, 3.63) is 65.9 Å². The second-order valence-corrected chi connectivity index (χ2v) is 5.95. The van der Waals surface area contributed by atoms with Crippen LogP contribution in [0, 0.1) is 0 Å². The molecule has 2 heterocycles. The predicted octanol–water partition coefficient (Wildman–Crippen LogP) is 4.15. The van der Waals surface area contributed by atoms with Gasteiger partial charge >= 0.3 is 6.03 Å². The van der Waals surface area contributed by atoms with Gasteiger partial charge in [-0.05, 0) is 36.6 Å². The van der Waals surface area contributed by atoms with E-state index in [9.17, 15) is 4.79 Å². The number of fused-ring (bicyclic) bond motifs is 3. The summed E-state index contributed by atoms with van der Waals surface area (Å²) in [6.45, 7) is 1.40. The van der Waals surface area contributed by atoms with Crippen molar-refractivity contribution >= 4 is 22.6 Å². The van der Waals surface area contributed by atoms with Crippen LogP contribution in [0.1, 0.15) is 17.7 Å². The number of hydrogen-bond acceptors (Lipinski definition) is 1. The quantitative estimate of drug-likeness (QED) is 0.697. The molecule has 0 spiro atoms. The fraction of sp³-hybridized carbons (Fsp3) is 0.211. The Morgan fingerprint density at radius 2 is 1.83 bits per heavy atom. The summed E-state index contributed by atoms with van der Waals surface area (Å²) in [6, 6.07) is 17.9. The molecule has 0 fully saturated rings. The molecule has 4 rings (SSSR count). The average molecular weight is 305 g/mol. The first-order valence-corrected chi connectivity index (χ1v) is 8.01. The van der Waals surface area contributed by atoms with E-state index < -0.39 is 0 Å². The highest BCUT2D eigenvalue weighted by Crippen LogP contribution is 2.27. The van der Waals surface area contributed by atoms with E-state index in [0.29, 0.717) is 6.54 Å². The highest BCUT2D eigenvalue weighted by molar-refractivity contribution is 5.90. The SMILES string of the molecule is O=C(Nc1ccccc1)N1CCCc2c([nH]c3ccccc23)C1. The van der Waals surface area contributed by atoms with Crippen LogP contribution in [0.5, 0.6) is 0 Å². The summed E-state index contributed by atoms with van der Waals surface area (Å²) < 4.78 is 0. The minimum Gasteiger partial charge on any atom is -0.357 e. The molecule has 0 atom stereocenters. The van der Waals surface area contributed by atoms with Crippen LogP contribution >= 0.6 is 0 Å². The zero-order valence-corrected chi connectivity index (χ0v) is 12.9. The molecule has 116 valence electrons. The molecular formula is C19H19N3O. The fourth-order valence-corrected chi connectivity index (χ4v) is 3.29. The Bertz CT molecular complexity index is 838. The number of aromatic nitrogens is 1. The van der Waals surface area contributed by atoms with Crippen molar-refractivity contribution in [2.24, 2.45) is 0 Å². The van der Waals surface area contributed by atoms with E-state index in [1.807, 2.05) is 41.3 Å². The lowest BCUT2D eigenvalue weighted by molar-refractivity contribution is 0.209. The molecule has 0 radical (unpaired) electrons. The van der Waals surface area contributed by atoms with E-state index in [4.69, 9.17) is 0 Å². The average Bonchev–Trinajstić information content (AvgIpc) is 2.78. The Hall–Kier alpha value is -2.75. The standard InChI is InChI=1S/C19H19N3O/c23-19(20-14-7-2-1-3-8-14)22-12-6-10-16-15-9-4-5-11-17(15)21-18(16)13-22/h1-5,7-9,11,21H,6,10,12-13H2,(H,20,23). The number of amides is 2. The number of para-hydroxylation sites is 2. The van der Waals surface area contributed by atoms with Crippen molar-refractivity contribution < 1.29 is 4.79 Å². The molecule has 23 heavy (non-hydrogen) atoms. The molecule has 1 aliphatic rings. The summed E-state index contributed by atoms with van der Waals surface area (Å²) in [6.07, 6.45) is 1.99. The van der Waals surface area contributed by atoms with Crippen molar-refractivity contribution in [3.8, 4) is 0 Å². The van der Waals surface area contributed by atoms with Gasteiger partial charge in [0.2, 0.25) is 0 Å². The van der Waals surface area contributed by atoms with Crippen LogP contribution in [0.2, 0.25) is 0 Å². The van der Waals surface area contributed by atoms with Crippen molar-refractivity contribution in [1.29, 1.82) is 0 Å². The molecule has 1 aliphatic heterocycles. The molecule has 0 aliphatic carbocycles. The third kappa shape index (κ3) is 2.68. The van der Waals surface area contributed by atoms with Gasteiger partial charge in [0.25, 0.3) is 0 Å². The van der Waals surface area contributed by atoms with Gasteiger partial charge in [-0.1, -0.05) is 36.4 Å². The van der Waals surface area contributed by atoms with Gasteiger partial charge in [-0.15, -0.1) is 0 Å². The Morgan fingerprint density at radius 1 is 1.04 bits per heavy atom. The van der Waals surface area contributed by atoms with Gasteiger partial charge in [0, 0.05) is 28.8 Å². The third-order valence-corrected chi connectivity index (χ3v) is 4.42. The lowest BCUT2D eigenvalue weighted by Crippen LogP contribution is -2.34. The maximum atomic E-state index is 12.5. The smallest absolute Gasteiger partial charge is 0.322 e. The molecule has 4 nitrogen and oxygen atoms in total. The summed E-state index contributed by atoms with van der Waals surface area (Å²) >= 11 is 0. The van der Waals surface area contributed by atoms with E-state index in [1.54, 1.807) is 0 Å². The highest BCUT2D eigenvalue weighted by Gasteiger charge is 2.21. The lowest BCUT2D eigenvalue weighted by atomic mass is 10.1. The summed E-state index contributed by atoms with van der Waals surface area (Å²) in [5.74, 6) is 0. The van der Waals surface area contributed by atoms with Crippen molar-refractivity contribution in [2.45, 2.75) is 19.4 Å². The molecule has 4 heteroatoms. The van der Waals surface area contributed by atoms with Gasteiger partial charge in [0.05, 0.1) is 6.54 Å².